The summed E-state index contributed by atoms with van der Waals surface area (Å²) in [6.07, 6.45) is 1.83. The first-order chi connectivity index (χ1) is 11.0. The van der Waals surface area contributed by atoms with Crippen molar-refractivity contribution in [3.05, 3.63) is 70.5 Å². The minimum absolute atomic E-state index is 0.140. The normalized spacial score (nSPS) is 11.6. The first-order valence-electron chi connectivity index (χ1n) is 7.44. The first kappa shape index (κ1) is 15.7. The number of hydrogen-bond acceptors (Lipinski definition) is 2. The molecule has 23 heavy (non-hydrogen) atoms. The second-order valence-corrected chi connectivity index (χ2v) is 7.09. The number of aromatic nitrogens is 2. The van der Waals surface area contributed by atoms with Crippen LogP contribution in [-0.2, 0) is 5.41 Å². The van der Waals surface area contributed by atoms with Crippen molar-refractivity contribution in [3.8, 4) is 0 Å². The number of amides is 1. The second kappa shape index (κ2) is 6.16. The molecular formula is C18H18BrN3O. The highest BCUT2D eigenvalue weighted by Gasteiger charge is 2.22. The molecule has 3 aromatic rings. The maximum Gasteiger partial charge on any atom is 0.271 e. The maximum atomic E-state index is 12.4. The van der Waals surface area contributed by atoms with Gasteiger partial charge < -0.3 is 5.32 Å². The molecule has 0 spiro atoms. The molecule has 5 heteroatoms. The minimum atomic E-state index is -0.158. The fourth-order valence-electron chi connectivity index (χ4n) is 2.46. The summed E-state index contributed by atoms with van der Waals surface area (Å²) in [7, 11) is 0. The molecule has 0 unspecified atom stereocenters. The summed E-state index contributed by atoms with van der Waals surface area (Å²) in [6.45, 7) is 4.78. The molecule has 0 bridgehead atoms. The fourth-order valence-corrected chi connectivity index (χ4v) is 2.78. The molecule has 0 saturated carbocycles. The van der Waals surface area contributed by atoms with Gasteiger partial charge in [0.15, 0.2) is 5.69 Å². The standard InChI is InChI=1S/C18H18BrN3O/c1-18(2,13-6-4-3-5-7-13)12-20-17(23)16-10-15-9-8-14(19)11-22(15)21-16/h3-11H,12H2,1-2H3,(H,20,23). The van der Waals surface area contributed by atoms with Crippen LogP contribution in [0.2, 0.25) is 0 Å². The van der Waals surface area contributed by atoms with E-state index < -0.39 is 0 Å². The summed E-state index contributed by atoms with van der Waals surface area (Å²) in [5.74, 6) is -0.158. The highest BCUT2D eigenvalue weighted by molar-refractivity contribution is 9.10. The molecule has 0 saturated heterocycles. The minimum Gasteiger partial charge on any atom is -0.350 e. The lowest BCUT2D eigenvalue weighted by atomic mass is 9.84. The Morgan fingerprint density at radius 3 is 2.70 bits per heavy atom. The molecule has 0 aliphatic carbocycles. The van der Waals surface area contributed by atoms with Crippen molar-refractivity contribution in [2.24, 2.45) is 0 Å². The van der Waals surface area contributed by atoms with E-state index in [1.165, 1.54) is 5.56 Å². The lowest BCUT2D eigenvalue weighted by Crippen LogP contribution is -2.36. The topological polar surface area (TPSA) is 46.4 Å². The van der Waals surface area contributed by atoms with Gasteiger partial charge in [-0.25, -0.2) is 4.52 Å². The zero-order chi connectivity index (χ0) is 16.4. The fraction of sp³-hybridized carbons (Fsp3) is 0.222. The van der Waals surface area contributed by atoms with Gasteiger partial charge in [0, 0.05) is 22.6 Å². The third-order valence-electron chi connectivity index (χ3n) is 3.90. The SMILES string of the molecule is CC(C)(CNC(=O)c1cc2ccc(Br)cn2n1)c1ccccc1. The van der Waals surface area contributed by atoms with Crippen LogP contribution in [0.1, 0.15) is 29.9 Å². The van der Waals surface area contributed by atoms with Crippen LogP contribution < -0.4 is 5.32 Å². The largest absolute Gasteiger partial charge is 0.350 e. The van der Waals surface area contributed by atoms with Crippen LogP contribution in [0.15, 0.2) is 59.2 Å². The van der Waals surface area contributed by atoms with Gasteiger partial charge in [-0.15, -0.1) is 0 Å². The van der Waals surface area contributed by atoms with E-state index in [2.05, 4.69) is 52.3 Å². The summed E-state index contributed by atoms with van der Waals surface area (Å²) >= 11 is 3.40. The van der Waals surface area contributed by atoms with Gasteiger partial charge in [0.1, 0.15) is 0 Å². The Morgan fingerprint density at radius 1 is 1.22 bits per heavy atom. The zero-order valence-corrected chi connectivity index (χ0v) is 14.7. The first-order valence-corrected chi connectivity index (χ1v) is 8.24. The molecule has 1 amide bonds. The monoisotopic (exact) mass is 371 g/mol. The molecule has 0 fully saturated rings. The Labute approximate surface area is 143 Å². The quantitative estimate of drug-likeness (QED) is 0.757. The number of carbonyl (C=O) groups is 1. The van der Waals surface area contributed by atoms with E-state index in [1.54, 1.807) is 10.6 Å². The highest BCUT2D eigenvalue weighted by atomic mass is 79.9. The zero-order valence-electron chi connectivity index (χ0n) is 13.1. The summed E-state index contributed by atoms with van der Waals surface area (Å²) in [5.41, 5.74) is 2.37. The van der Waals surface area contributed by atoms with Gasteiger partial charge in [-0.1, -0.05) is 44.2 Å². The summed E-state index contributed by atoms with van der Waals surface area (Å²) in [6, 6.07) is 15.8. The van der Waals surface area contributed by atoms with E-state index in [0.717, 1.165) is 9.99 Å². The Balaban J connectivity index is 1.73. The van der Waals surface area contributed by atoms with Gasteiger partial charge in [0.25, 0.3) is 5.91 Å². The van der Waals surface area contributed by atoms with Gasteiger partial charge in [-0.05, 0) is 39.7 Å². The number of benzene rings is 1. The Bertz CT molecular complexity index is 840. The van der Waals surface area contributed by atoms with E-state index in [1.807, 2.05) is 36.5 Å². The summed E-state index contributed by atoms with van der Waals surface area (Å²) < 4.78 is 2.62. The van der Waals surface area contributed by atoms with Crippen LogP contribution in [0.3, 0.4) is 0 Å². The van der Waals surface area contributed by atoms with Gasteiger partial charge in [0.05, 0.1) is 5.52 Å². The Hall–Kier alpha value is -2.14. The van der Waals surface area contributed by atoms with Gasteiger partial charge in [-0.3, -0.25) is 4.79 Å². The highest BCUT2D eigenvalue weighted by Crippen LogP contribution is 2.22. The maximum absolute atomic E-state index is 12.4. The Kier molecular flexibility index (Phi) is 4.22. The number of fused-ring (bicyclic) bond motifs is 1. The lowest BCUT2D eigenvalue weighted by Gasteiger charge is -2.25. The average Bonchev–Trinajstić information content (AvgIpc) is 2.96. The molecule has 0 atom stereocenters. The Morgan fingerprint density at radius 2 is 1.96 bits per heavy atom. The predicted molar refractivity (Wildman–Crippen MR) is 94.7 cm³/mol. The van der Waals surface area contributed by atoms with Crippen LogP contribution in [-0.4, -0.2) is 22.1 Å². The van der Waals surface area contributed by atoms with Crippen molar-refractivity contribution in [2.45, 2.75) is 19.3 Å². The van der Waals surface area contributed by atoms with Crippen molar-refractivity contribution >= 4 is 27.4 Å². The molecule has 4 nitrogen and oxygen atoms in total. The van der Waals surface area contributed by atoms with Crippen molar-refractivity contribution < 1.29 is 4.79 Å². The number of nitrogens with one attached hydrogen (secondary N) is 1. The molecule has 1 N–H and O–H groups in total. The van der Waals surface area contributed by atoms with E-state index in [9.17, 15) is 4.79 Å². The molecule has 118 valence electrons. The molecule has 3 rings (SSSR count). The number of pyridine rings is 1. The molecule has 0 aliphatic heterocycles. The van der Waals surface area contributed by atoms with Gasteiger partial charge in [-0.2, -0.15) is 5.10 Å². The number of rotatable bonds is 4. The smallest absolute Gasteiger partial charge is 0.271 e. The molecular weight excluding hydrogens is 354 g/mol. The third kappa shape index (κ3) is 3.45. The molecule has 0 aliphatic rings. The third-order valence-corrected chi connectivity index (χ3v) is 4.37. The molecule has 0 radical (unpaired) electrons. The van der Waals surface area contributed by atoms with Gasteiger partial charge in [0.2, 0.25) is 0 Å². The van der Waals surface area contributed by atoms with Crippen molar-refractivity contribution in [1.29, 1.82) is 0 Å². The number of halogens is 1. The van der Waals surface area contributed by atoms with E-state index >= 15 is 0 Å². The van der Waals surface area contributed by atoms with Crippen LogP contribution >= 0.6 is 15.9 Å². The summed E-state index contributed by atoms with van der Waals surface area (Å²) in [5, 5.41) is 7.31. The second-order valence-electron chi connectivity index (χ2n) is 6.18. The van der Waals surface area contributed by atoms with Crippen molar-refractivity contribution in [1.82, 2.24) is 14.9 Å². The van der Waals surface area contributed by atoms with Crippen LogP contribution in [0.5, 0.6) is 0 Å². The lowest BCUT2D eigenvalue weighted by molar-refractivity contribution is 0.0940. The molecule has 1 aromatic carbocycles. The number of hydrogen-bond donors (Lipinski definition) is 1. The van der Waals surface area contributed by atoms with Crippen molar-refractivity contribution in [3.63, 3.8) is 0 Å². The van der Waals surface area contributed by atoms with E-state index in [4.69, 9.17) is 0 Å². The molecule has 2 aromatic heterocycles. The summed E-state index contributed by atoms with van der Waals surface area (Å²) in [4.78, 5) is 12.4. The van der Waals surface area contributed by atoms with Crippen LogP contribution in [0.25, 0.3) is 5.52 Å². The number of nitrogens with zero attached hydrogens (tertiary/aromatic N) is 2. The van der Waals surface area contributed by atoms with E-state index in [-0.39, 0.29) is 11.3 Å². The van der Waals surface area contributed by atoms with Crippen molar-refractivity contribution in [2.75, 3.05) is 6.54 Å². The number of carbonyl (C=O) groups excluding carboxylic acids is 1. The average molecular weight is 372 g/mol. The van der Waals surface area contributed by atoms with Crippen LogP contribution in [0.4, 0.5) is 0 Å². The van der Waals surface area contributed by atoms with Crippen LogP contribution in [0, 0.1) is 0 Å². The molecule has 2 heterocycles. The van der Waals surface area contributed by atoms with Gasteiger partial charge >= 0.3 is 0 Å². The predicted octanol–water partition coefficient (Wildman–Crippen LogP) is 3.80. The van der Waals surface area contributed by atoms with E-state index in [0.29, 0.717) is 12.2 Å².